The maximum Gasteiger partial charge on any atom is 1.00 e. The van der Waals surface area contributed by atoms with Gasteiger partial charge in [-0.15, -0.1) is 0 Å². The summed E-state index contributed by atoms with van der Waals surface area (Å²) in [4.78, 5) is 29.3. The molecule has 0 spiro atoms. The van der Waals surface area contributed by atoms with Gasteiger partial charge in [0.1, 0.15) is 11.5 Å². The number of hydrogen-bond donors (Lipinski definition) is 3. The Balaban J connectivity index is 0.00000529. The summed E-state index contributed by atoms with van der Waals surface area (Å²) in [6.45, 7) is 4.30. The molecule has 0 aliphatic carbocycles. The van der Waals surface area contributed by atoms with Crippen molar-refractivity contribution >= 4 is 11.9 Å². The third-order valence-electron chi connectivity index (χ3n) is 7.29. The SMILES string of the molecule is CC(C)n1c(CC[C@@H](O)C[C@@H](O)CC(=O)[O-])c(-c2ccc(F)cc2)c(-c2ccccc2)c1C(=O)NCCc1ccccn1.[Na+]. The van der Waals surface area contributed by atoms with Gasteiger partial charge in [-0.05, 0) is 68.5 Å². The Hall–Kier alpha value is -3.34. The van der Waals surface area contributed by atoms with E-state index >= 15 is 0 Å². The zero-order valence-corrected chi connectivity index (χ0v) is 27.4. The molecule has 44 heavy (non-hydrogen) atoms. The predicted molar refractivity (Wildman–Crippen MR) is 160 cm³/mol. The van der Waals surface area contributed by atoms with Gasteiger partial charge in [-0.2, -0.15) is 0 Å². The van der Waals surface area contributed by atoms with Crippen LogP contribution in [0.15, 0.2) is 79.0 Å². The summed E-state index contributed by atoms with van der Waals surface area (Å²) in [5.41, 5.74) is 5.03. The standard InChI is InChI=1S/C34H38FN3O5.Na/c1-22(2)38-29(16-15-27(39)20-28(40)21-30(41)42)31(24-11-13-25(35)14-12-24)32(23-8-4-3-5-9-23)33(38)34(43)37-19-17-26-10-6-7-18-36-26;/h3-14,18,22,27-28,39-40H,15-17,19-21H2,1-2H3,(H,37,43)(H,41,42);/q;+1/p-1/t27-,28-;/m1./s1. The minimum atomic E-state index is -1.39. The molecule has 0 fully saturated rings. The van der Waals surface area contributed by atoms with Crippen molar-refractivity contribution in [3.63, 3.8) is 0 Å². The molecule has 0 unspecified atom stereocenters. The molecule has 10 heteroatoms. The van der Waals surface area contributed by atoms with E-state index in [1.165, 1.54) is 12.1 Å². The molecule has 0 saturated carbocycles. The van der Waals surface area contributed by atoms with Crippen molar-refractivity contribution in [1.82, 2.24) is 14.9 Å². The Morgan fingerprint density at radius 2 is 1.57 bits per heavy atom. The number of benzene rings is 2. The van der Waals surface area contributed by atoms with Gasteiger partial charge in [-0.25, -0.2) is 4.39 Å². The normalized spacial score (nSPS) is 12.4. The van der Waals surface area contributed by atoms with Gasteiger partial charge in [-0.3, -0.25) is 9.78 Å². The number of rotatable bonds is 14. The Morgan fingerprint density at radius 3 is 2.18 bits per heavy atom. The van der Waals surface area contributed by atoms with Gasteiger partial charge in [0.2, 0.25) is 0 Å². The zero-order valence-electron chi connectivity index (χ0n) is 25.4. The van der Waals surface area contributed by atoms with Gasteiger partial charge < -0.3 is 30.0 Å². The van der Waals surface area contributed by atoms with Crippen molar-refractivity contribution in [2.75, 3.05) is 6.54 Å². The number of pyridine rings is 1. The van der Waals surface area contributed by atoms with E-state index < -0.39 is 24.6 Å². The Morgan fingerprint density at radius 1 is 0.909 bits per heavy atom. The number of aliphatic carboxylic acids is 1. The molecule has 0 aliphatic rings. The molecule has 2 heterocycles. The number of carbonyl (C=O) groups is 2. The summed E-state index contributed by atoms with van der Waals surface area (Å²) in [7, 11) is 0. The van der Waals surface area contributed by atoms with Crippen LogP contribution in [0.2, 0.25) is 0 Å². The summed E-state index contributed by atoms with van der Waals surface area (Å²) < 4.78 is 16.0. The summed E-state index contributed by atoms with van der Waals surface area (Å²) in [6.07, 6.45) is -0.170. The van der Waals surface area contributed by atoms with Crippen LogP contribution in [0.4, 0.5) is 4.39 Å². The molecule has 2 aromatic heterocycles. The molecular formula is C34H37FN3NaO5. The third kappa shape index (κ3) is 9.09. The van der Waals surface area contributed by atoms with E-state index in [2.05, 4.69) is 10.3 Å². The molecule has 2 aromatic carbocycles. The first kappa shape index (κ1) is 35.1. The number of carbonyl (C=O) groups excluding carboxylic acids is 2. The molecule has 0 radical (unpaired) electrons. The van der Waals surface area contributed by atoms with Crippen LogP contribution in [0.5, 0.6) is 0 Å². The van der Waals surface area contributed by atoms with Crippen molar-refractivity contribution < 1.29 is 58.9 Å². The van der Waals surface area contributed by atoms with Crippen LogP contribution in [-0.4, -0.2) is 50.4 Å². The fourth-order valence-electron chi connectivity index (χ4n) is 5.43. The fraction of sp³-hybridized carbons (Fsp3) is 0.324. The van der Waals surface area contributed by atoms with Crippen molar-refractivity contribution in [1.29, 1.82) is 0 Å². The van der Waals surface area contributed by atoms with Crippen LogP contribution < -0.4 is 40.0 Å². The van der Waals surface area contributed by atoms with Gasteiger partial charge in [0.05, 0.1) is 12.2 Å². The number of aliphatic hydroxyl groups is 2. The van der Waals surface area contributed by atoms with E-state index in [9.17, 15) is 29.3 Å². The van der Waals surface area contributed by atoms with Gasteiger partial charge in [-0.1, -0.05) is 48.5 Å². The molecule has 4 rings (SSSR count). The van der Waals surface area contributed by atoms with E-state index in [0.717, 1.165) is 22.5 Å². The number of aromatic nitrogens is 2. The Labute approximate surface area is 279 Å². The number of nitrogens with one attached hydrogen (secondary N) is 1. The second-order valence-electron chi connectivity index (χ2n) is 10.9. The molecule has 8 nitrogen and oxygen atoms in total. The molecule has 0 aliphatic heterocycles. The average Bonchev–Trinajstić information content (AvgIpc) is 3.32. The topological polar surface area (TPSA) is 128 Å². The average molecular weight is 610 g/mol. The fourth-order valence-corrected chi connectivity index (χ4v) is 5.43. The molecule has 3 N–H and O–H groups in total. The van der Waals surface area contributed by atoms with E-state index in [-0.39, 0.29) is 60.2 Å². The molecule has 1 amide bonds. The van der Waals surface area contributed by atoms with Crippen molar-refractivity contribution in [3.05, 3.63) is 102 Å². The molecule has 0 saturated heterocycles. The first-order valence-electron chi connectivity index (χ1n) is 14.5. The minimum absolute atomic E-state index is 0. The molecule has 4 aromatic rings. The van der Waals surface area contributed by atoms with Crippen LogP contribution >= 0.6 is 0 Å². The maximum absolute atomic E-state index is 14.0. The summed E-state index contributed by atoms with van der Waals surface area (Å²) in [5, 5.41) is 34.7. The van der Waals surface area contributed by atoms with Gasteiger partial charge >= 0.3 is 29.6 Å². The van der Waals surface area contributed by atoms with Gasteiger partial charge in [0, 0.05) is 60.1 Å². The summed E-state index contributed by atoms with van der Waals surface area (Å²) >= 11 is 0. The van der Waals surface area contributed by atoms with E-state index in [4.69, 9.17) is 0 Å². The first-order chi connectivity index (χ1) is 20.7. The first-order valence-corrected chi connectivity index (χ1v) is 14.5. The van der Waals surface area contributed by atoms with Crippen LogP contribution in [0.3, 0.4) is 0 Å². The van der Waals surface area contributed by atoms with Crippen molar-refractivity contribution in [2.24, 2.45) is 0 Å². The molecule has 2 atom stereocenters. The summed E-state index contributed by atoms with van der Waals surface area (Å²) in [5.74, 6) is -2.05. The third-order valence-corrected chi connectivity index (χ3v) is 7.29. The Bertz CT molecular complexity index is 1510. The number of aliphatic hydroxyl groups excluding tert-OH is 2. The second kappa shape index (κ2) is 16.7. The van der Waals surface area contributed by atoms with Crippen LogP contribution in [-0.2, 0) is 17.6 Å². The zero-order chi connectivity index (χ0) is 30.9. The monoisotopic (exact) mass is 609 g/mol. The number of hydrogen-bond acceptors (Lipinski definition) is 6. The number of carboxylic acids is 1. The number of halogens is 1. The van der Waals surface area contributed by atoms with Gasteiger partial charge in [0.15, 0.2) is 0 Å². The Kier molecular flexibility index (Phi) is 13.3. The maximum atomic E-state index is 14.0. The van der Waals surface area contributed by atoms with Crippen molar-refractivity contribution in [2.45, 2.75) is 64.2 Å². The second-order valence-corrected chi connectivity index (χ2v) is 10.9. The largest absolute Gasteiger partial charge is 1.00 e. The van der Waals surface area contributed by atoms with Crippen molar-refractivity contribution in [3.8, 4) is 22.3 Å². The van der Waals surface area contributed by atoms with Crippen LogP contribution in [0.1, 0.15) is 61.0 Å². The predicted octanol–water partition coefficient (Wildman–Crippen LogP) is 1.10. The smallest absolute Gasteiger partial charge is 0.550 e. The number of amides is 1. The molecular weight excluding hydrogens is 572 g/mol. The molecule has 226 valence electrons. The quantitative estimate of drug-likeness (QED) is 0.184. The minimum Gasteiger partial charge on any atom is -0.550 e. The molecule has 0 bridgehead atoms. The van der Waals surface area contributed by atoms with Crippen LogP contribution in [0.25, 0.3) is 22.3 Å². The van der Waals surface area contributed by atoms with Crippen LogP contribution in [0, 0.1) is 5.82 Å². The van der Waals surface area contributed by atoms with E-state index in [1.807, 2.05) is 66.9 Å². The number of nitrogens with zero attached hydrogens (tertiary/aromatic N) is 2. The van der Waals surface area contributed by atoms with Gasteiger partial charge in [0.25, 0.3) is 5.91 Å². The van der Waals surface area contributed by atoms with E-state index in [1.54, 1.807) is 18.3 Å². The summed E-state index contributed by atoms with van der Waals surface area (Å²) in [6, 6.07) is 21.1. The van der Waals surface area contributed by atoms with E-state index in [0.29, 0.717) is 36.2 Å². The number of carboxylic acid groups (broad SMARTS) is 1.